The standard InChI is InChI=1S/C32H32ClN5O2S/c1-22-31(30-13-10-27(40-3)20-34-30)29-18-25(19-35-32(29)38(22)41(39)28-11-8-26(33)9-12-28)24-6-4-23(5-7-24)21-37-16-14-36(2)15-17-37/h4-13,18-20H,14-17,21H2,1-3H3. The summed E-state index contributed by atoms with van der Waals surface area (Å²) in [5.74, 6) is 0.676. The van der Waals surface area contributed by atoms with Crippen molar-refractivity contribution in [2.24, 2.45) is 0 Å². The number of rotatable bonds is 7. The van der Waals surface area contributed by atoms with Gasteiger partial charge in [0.2, 0.25) is 0 Å². The van der Waals surface area contributed by atoms with Crippen molar-refractivity contribution in [2.75, 3.05) is 40.3 Å². The lowest BCUT2D eigenvalue weighted by atomic mass is 10.0. The van der Waals surface area contributed by atoms with E-state index >= 15 is 0 Å². The highest BCUT2D eigenvalue weighted by Crippen LogP contribution is 2.37. The Bertz CT molecular complexity index is 1690. The van der Waals surface area contributed by atoms with E-state index < -0.39 is 11.0 Å². The molecule has 1 aliphatic heterocycles. The van der Waals surface area contributed by atoms with Crippen molar-refractivity contribution in [1.82, 2.24) is 23.7 Å². The van der Waals surface area contributed by atoms with Crippen LogP contribution in [0.2, 0.25) is 5.02 Å². The number of aromatic nitrogens is 3. The normalized spacial score (nSPS) is 15.3. The molecule has 7 nitrogen and oxygen atoms in total. The number of pyridine rings is 2. The highest BCUT2D eigenvalue weighted by Gasteiger charge is 2.23. The van der Waals surface area contributed by atoms with Crippen LogP contribution in [0.5, 0.6) is 5.75 Å². The fourth-order valence-electron chi connectivity index (χ4n) is 5.31. The quantitative estimate of drug-likeness (QED) is 0.232. The fraction of sp³-hybridized carbons (Fsp3) is 0.250. The van der Waals surface area contributed by atoms with Crippen molar-refractivity contribution in [3.8, 4) is 28.1 Å². The van der Waals surface area contributed by atoms with Gasteiger partial charge in [0.05, 0.1) is 23.9 Å². The first-order chi connectivity index (χ1) is 19.9. The number of benzene rings is 2. The summed E-state index contributed by atoms with van der Waals surface area (Å²) in [6, 6.07) is 21.7. The number of nitrogens with zero attached hydrogens (tertiary/aromatic N) is 5. The van der Waals surface area contributed by atoms with Gasteiger partial charge in [-0.3, -0.25) is 9.88 Å². The molecule has 0 aliphatic carbocycles. The number of halogens is 1. The molecular formula is C32H32ClN5O2S. The van der Waals surface area contributed by atoms with E-state index in [1.807, 2.05) is 25.3 Å². The van der Waals surface area contributed by atoms with E-state index in [1.54, 1.807) is 41.5 Å². The summed E-state index contributed by atoms with van der Waals surface area (Å²) in [5, 5.41) is 1.49. The average molecular weight is 586 g/mol. The third-order valence-electron chi connectivity index (χ3n) is 7.69. The number of ether oxygens (including phenoxy) is 1. The SMILES string of the molecule is COc1ccc(-c2c(C)n(S(=O)c3ccc(Cl)cc3)c3ncc(-c4ccc(CN5CCN(C)CC5)cc4)cc23)nc1. The lowest BCUT2D eigenvalue weighted by Gasteiger charge is -2.32. The maximum absolute atomic E-state index is 13.9. The maximum atomic E-state index is 13.9. The molecule has 9 heteroatoms. The van der Waals surface area contributed by atoms with Crippen molar-refractivity contribution in [3.63, 3.8) is 0 Å². The van der Waals surface area contributed by atoms with Crippen LogP contribution in [0.25, 0.3) is 33.4 Å². The maximum Gasteiger partial charge on any atom is 0.158 e. The van der Waals surface area contributed by atoms with E-state index in [4.69, 9.17) is 21.3 Å². The van der Waals surface area contributed by atoms with Crippen LogP contribution >= 0.6 is 11.6 Å². The Labute approximate surface area is 248 Å². The first-order valence-corrected chi connectivity index (χ1v) is 15.1. The largest absolute Gasteiger partial charge is 0.495 e. The Morgan fingerprint density at radius 3 is 2.29 bits per heavy atom. The zero-order chi connectivity index (χ0) is 28.5. The van der Waals surface area contributed by atoms with Crippen LogP contribution in [-0.2, 0) is 17.5 Å². The molecule has 1 aliphatic rings. The molecule has 0 amide bonds. The molecule has 0 spiro atoms. The minimum absolute atomic E-state index is 0.597. The second kappa shape index (κ2) is 11.7. The molecule has 41 heavy (non-hydrogen) atoms. The van der Waals surface area contributed by atoms with Gasteiger partial charge in [-0.15, -0.1) is 0 Å². The summed E-state index contributed by atoms with van der Waals surface area (Å²) in [5.41, 5.74) is 6.49. The predicted octanol–water partition coefficient (Wildman–Crippen LogP) is 6.05. The Morgan fingerprint density at radius 2 is 1.63 bits per heavy atom. The van der Waals surface area contributed by atoms with Gasteiger partial charge < -0.3 is 9.64 Å². The number of piperazine rings is 1. The molecule has 1 atom stereocenters. The zero-order valence-corrected chi connectivity index (χ0v) is 25.0. The Kier molecular flexibility index (Phi) is 7.90. The molecule has 1 saturated heterocycles. The second-order valence-electron chi connectivity index (χ2n) is 10.4. The molecule has 4 heterocycles. The average Bonchev–Trinajstić information content (AvgIpc) is 3.29. The summed E-state index contributed by atoms with van der Waals surface area (Å²) in [7, 11) is 2.27. The lowest BCUT2D eigenvalue weighted by Crippen LogP contribution is -2.43. The van der Waals surface area contributed by atoms with Crippen molar-refractivity contribution in [2.45, 2.75) is 18.4 Å². The minimum Gasteiger partial charge on any atom is -0.495 e. The minimum atomic E-state index is -1.53. The summed E-state index contributed by atoms with van der Waals surface area (Å²) in [6.45, 7) is 7.32. The molecule has 3 aromatic heterocycles. The number of hydrogen-bond acceptors (Lipinski definition) is 6. The molecule has 0 radical (unpaired) electrons. The van der Waals surface area contributed by atoms with Gasteiger partial charge in [0.25, 0.3) is 0 Å². The highest BCUT2D eigenvalue weighted by atomic mass is 35.5. The van der Waals surface area contributed by atoms with Gasteiger partial charge >= 0.3 is 0 Å². The van der Waals surface area contributed by atoms with E-state index in [0.717, 1.165) is 66.2 Å². The van der Waals surface area contributed by atoms with Gasteiger partial charge in [-0.1, -0.05) is 35.9 Å². The molecule has 0 N–H and O–H groups in total. The van der Waals surface area contributed by atoms with Crippen LogP contribution in [0.3, 0.4) is 0 Å². The van der Waals surface area contributed by atoms with Gasteiger partial charge in [-0.2, -0.15) is 0 Å². The number of hydrogen-bond donors (Lipinski definition) is 0. The molecule has 0 saturated carbocycles. The van der Waals surface area contributed by atoms with Crippen molar-refractivity contribution in [1.29, 1.82) is 0 Å². The van der Waals surface area contributed by atoms with E-state index in [1.165, 1.54) is 5.56 Å². The van der Waals surface area contributed by atoms with Crippen LogP contribution in [0.1, 0.15) is 11.3 Å². The molecular weight excluding hydrogens is 554 g/mol. The van der Waals surface area contributed by atoms with Crippen LogP contribution in [0.4, 0.5) is 0 Å². The smallest absolute Gasteiger partial charge is 0.158 e. The van der Waals surface area contributed by atoms with Crippen molar-refractivity contribution >= 4 is 33.6 Å². The van der Waals surface area contributed by atoms with E-state index in [2.05, 4.69) is 52.2 Å². The Balaban J connectivity index is 1.40. The van der Waals surface area contributed by atoms with Gasteiger partial charge in [0.15, 0.2) is 16.6 Å². The third kappa shape index (κ3) is 5.65. The summed E-state index contributed by atoms with van der Waals surface area (Å²) >= 11 is 6.10. The van der Waals surface area contributed by atoms with Crippen LogP contribution < -0.4 is 4.74 Å². The van der Waals surface area contributed by atoms with Gasteiger partial charge in [0.1, 0.15) is 5.75 Å². The Hall–Kier alpha value is -3.56. The molecule has 0 bridgehead atoms. The Morgan fingerprint density at radius 1 is 0.902 bits per heavy atom. The van der Waals surface area contributed by atoms with Gasteiger partial charge in [-0.05, 0) is 67.6 Å². The van der Waals surface area contributed by atoms with Gasteiger partial charge in [0, 0.05) is 66.2 Å². The van der Waals surface area contributed by atoms with E-state index in [9.17, 15) is 4.21 Å². The first-order valence-electron chi connectivity index (χ1n) is 13.6. The van der Waals surface area contributed by atoms with Crippen molar-refractivity contribution in [3.05, 3.63) is 95.4 Å². The summed E-state index contributed by atoms with van der Waals surface area (Å²) in [6.07, 6.45) is 3.56. The molecule has 1 fully saturated rings. The monoisotopic (exact) mass is 585 g/mol. The van der Waals surface area contributed by atoms with Crippen molar-refractivity contribution < 1.29 is 8.95 Å². The summed E-state index contributed by atoms with van der Waals surface area (Å²) in [4.78, 5) is 15.1. The van der Waals surface area contributed by atoms with Gasteiger partial charge in [-0.25, -0.2) is 13.2 Å². The van der Waals surface area contributed by atoms with E-state index in [0.29, 0.717) is 21.3 Å². The molecule has 210 valence electrons. The molecule has 1 unspecified atom stereocenters. The van der Waals surface area contributed by atoms with Crippen LogP contribution in [0.15, 0.2) is 84.0 Å². The van der Waals surface area contributed by atoms with E-state index in [-0.39, 0.29) is 0 Å². The summed E-state index contributed by atoms with van der Waals surface area (Å²) < 4.78 is 21.0. The highest BCUT2D eigenvalue weighted by molar-refractivity contribution is 7.83. The number of fused-ring (bicyclic) bond motifs is 1. The third-order valence-corrected chi connectivity index (χ3v) is 9.40. The van der Waals surface area contributed by atoms with Crippen LogP contribution in [-0.4, -0.2) is 68.3 Å². The predicted molar refractivity (Wildman–Crippen MR) is 166 cm³/mol. The lowest BCUT2D eigenvalue weighted by molar-refractivity contribution is 0.148. The first kappa shape index (κ1) is 27.6. The number of likely N-dealkylation sites (N-methyl/N-ethyl adjacent to an activating group) is 1. The molecule has 5 aromatic rings. The molecule has 2 aromatic carbocycles. The topological polar surface area (TPSA) is 63.5 Å². The zero-order valence-electron chi connectivity index (χ0n) is 23.4. The molecule has 6 rings (SSSR count). The number of methoxy groups -OCH3 is 1. The van der Waals surface area contributed by atoms with Crippen LogP contribution in [0, 0.1) is 6.92 Å². The second-order valence-corrected chi connectivity index (χ2v) is 12.2. The fourth-order valence-corrected chi connectivity index (χ4v) is 6.66.